The summed E-state index contributed by atoms with van der Waals surface area (Å²) in [5, 5.41) is 20.9. The van der Waals surface area contributed by atoms with Crippen LogP contribution in [-0.2, 0) is 0 Å². The molecule has 22 aromatic carbocycles. The van der Waals surface area contributed by atoms with Crippen LogP contribution in [0, 0.1) is 6.57 Å². The molecule has 0 fully saturated rings. The zero-order valence-electron chi connectivity index (χ0n) is 83.2. The largest absolute Gasteiger partial charge is 0.292 e. The lowest BCUT2D eigenvalue weighted by Crippen LogP contribution is -2.04. The number of nitrogens with zero attached hydrogens (tertiary/aromatic N) is 11. The second kappa shape index (κ2) is 35.0. The van der Waals surface area contributed by atoms with E-state index in [9.17, 15) is 0 Å². The van der Waals surface area contributed by atoms with Gasteiger partial charge in [0.25, 0.3) is 0 Å². The number of aromatic nitrogens is 10. The van der Waals surface area contributed by atoms with E-state index in [4.69, 9.17) is 43.3 Å². The summed E-state index contributed by atoms with van der Waals surface area (Å²) in [5.74, 6) is 2.20. The molecule has 8 aromatic heterocycles. The highest BCUT2D eigenvalue weighted by Crippen LogP contribution is 2.49. The molecule has 8 heterocycles. The molecule has 0 aliphatic carbocycles. The number of benzene rings is 22. The summed E-state index contributed by atoms with van der Waals surface area (Å²) in [6.07, 6.45) is 1.79. The molecule has 0 N–H and O–H groups in total. The minimum atomic E-state index is -0.423. The zero-order valence-corrected chi connectivity index (χ0v) is 79.0. The smallest absolute Gasteiger partial charge is 0.187 e. The van der Waals surface area contributed by atoms with E-state index in [2.05, 4.69) is 388 Å². The Kier molecular flexibility index (Phi) is 19.0. The number of fused-ring (bicyclic) bond motifs is 20. The Morgan fingerprint density at radius 3 is 1.15 bits per heavy atom. The number of thiophene rings is 1. The molecular formula is C134H81N11S. The van der Waals surface area contributed by atoms with Gasteiger partial charge < -0.3 is 0 Å². The highest BCUT2D eigenvalue weighted by Gasteiger charge is 2.29. The predicted octanol–water partition coefficient (Wildman–Crippen LogP) is 35.6. The van der Waals surface area contributed by atoms with Crippen molar-refractivity contribution >= 4 is 190 Å². The van der Waals surface area contributed by atoms with E-state index in [0.717, 1.165) is 149 Å². The monoisotopic (exact) mass is 1880 g/mol. The van der Waals surface area contributed by atoms with Crippen molar-refractivity contribution in [1.82, 2.24) is 48.6 Å². The van der Waals surface area contributed by atoms with Gasteiger partial charge in [-0.25, -0.2) is 39.7 Å². The third-order valence-corrected chi connectivity index (χ3v) is 29.5. The van der Waals surface area contributed by atoms with Crippen LogP contribution in [0.2, 0.25) is 0 Å². The Hall–Kier alpha value is -19.6. The first-order valence-corrected chi connectivity index (χ1v) is 49.5. The molecule has 30 rings (SSSR count). The van der Waals surface area contributed by atoms with Crippen molar-refractivity contribution in [3.8, 4) is 107 Å². The Morgan fingerprint density at radius 2 is 0.610 bits per heavy atom. The number of rotatable bonds is 11. The van der Waals surface area contributed by atoms with Crippen LogP contribution in [0.3, 0.4) is 0 Å². The lowest BCUT2D eigenvalue weighted by atomic mass is 9.98. The van der Waals surface area contributed by atoms with Gasteiger partial charge in [0.05, 0.1) is 68.6 Å². The fourth-order valence-electron chi connectivity index (χ4n) is 21.6. The fraction of sp³-hybridized carbons (Fsp3) is 0. The normalized spacial score (nSPS) is 12.2. The molecule has 11 nitrogen and oxygen atoms in total. The molecule has 146 heavy (non-hydrogen) atoms. The van der Waals surface area contributed by atoms with Crippen LogP contribution >= 0.6 is 11.3 Å². The first-order valence-electron chi connectivity index (χ1n) is 51.1. The van der Waals surface area contributed by atoms with E-state index in [1.807, 2.05) is 90.2 Å². The molecule has 0 amide bonds. The van der Waals surface area contributed by atoms with Crippen LogP contribution in [0.25, 0.3) is 284 Å². The Labute approximate surface area is 849 Å². The van der Waals surface area contributed by atoms with Crippen molar-refractivity contribution in [2.75, 3.05) is 0 Å². The van der Waals surface area contributed by atoms with Crippen LogP contribution in [-0.4, -0.2) is 48.6 Å². The summed E-state index contributed by atoms with van der Waals surface area (Å²) in [7, 11) is 0. The molecule has 0 saturated heterocycles. The molecular weight excluding hydrogens is 1800 g/mol. The van der Waals surface area contributed by atoms with Gasteiger partial charge in [-0.15, -0.1) is 11.3 Å². The summed E-state index contributed by atoms with van der Waals surface area (Å²) in [6.45, 7) is 7.51. The average Bonchev–Trinajstić information content (AvgIpc) is 1.57. The quantitative estimate of drug-likeness (QED) is 0.119. The van der Waals surface area contributed by atoms with Gasteiger partial charge in [-0.3, -0.25) is 13.7 Å². The topological polar surface area (TPSA) is 109 Å². The van der Waals surface area contributed by atoms with Crippen molar-refractivity contribution in [1.29, 1.82) is 0 Å². The van der Waals surface area contributed by atoms with Gasteiger partial charge in [0.1, 0.15) is 22.6 Å². The van der Waals surface area contributed by atoms with Crippen LogP contribution in [0.1, 0.15) is 6.85 Å². The van der Waals surface area contributed by atoms with Crippen molar-refractivity contribution in [2.24, 2.45) is 0 Å². The molecule has 12 heteroatoms. The lowest BCUT2D eigenvalue weighted by Gasteiger charge is -2.15. The van der Waals surface area contributed by atoms with E-state index < -0.39 is 6.04 Å². The SMILES string of the molecule is [2H]c1c([2H])c([2H])c(-c2ccc3nc(-c4ccccc4)c(-n4c5cc6ccccc6cc5c5c(-c6ccccc6)cccc54)nc3c2)c([2H])c1[2H].[C-]#[N+]c1ccc2ccc(-c3ccc4nc(-n5c6cc7ccccc7cc6c6c(-c7ccccc7)cccc65)c(-c5ccc6ccccc6c5)nc4c3)cc2c1.c1ccc(-c2cccc3c2c2cc4ccccc4cc2n3-c2nc3cccnc3nc2-c2ccc3sc4ccccc4c3c2)cc1. The Balaban J connectivity index is 0.000000109. The number of pyridine rings is 1. The van der Waals surface area contributed by atoms with E-state index in [1.165, 1.54) is 90.9 Å². The highest BCUT2D eigenvalue weighted by atomic mass is 32.1. The third-order valence-electron chi connectivity index (χ3n) is 28.4. The molecule has 0 saturated carbocycles. The molecule has 0 radical (unpaired) electrons. The summed E-state index contributed by atoms with van der Waals surface area (Å²) in [4.78, 5) is 40.5. The fourth-order valence-corrected chi connectivity index (χ4v) is 22.6. The first-order chi connectivity index (χ1) is 74.4. The van der Waals surface area contributed by atoms with Gasteiger partial charge >= 0.3 is 0 Å². The highest BCUT2D eigenvalue weighted by molar-refractivity contribution is 7.25. The summed E-state index contributed by atoms with van der Waals surface area (Å²) >= 11 is 1.82. The minimum Gasteiger partial charge on any atom is -0.292 e. The Morgan fingerprint density at radius 1 is 0.226 bits per heavy atom. The van der Waals surface area contributed by atoms with Gasteiger partial charge in [-0.2, -0.15) is 0 Å². The summed E-state index contributed by atoms with van der Waals surface area (Å²) in [6, 6.07) is 157. The summed E-state index contributed by atoms with van der Waals surface area (Å²) in [5.41, 5.74) is 26.0. The van der Waals surface area contributed by atoms with E-state index in [1.54, 1.807) is 18.3 Å². The molecule has 0 atom stereocenters. The van der Waals surface area contributed by atoms with Gasteiger partial charge in [0.15, 0.2) is 28.8 Å². The minimum absolute atomic E-state index is 0.129. The number of hydrogen-bond donors (Lipinski definition) is 0. The molecule has 0 spiro atoms. The first kappa shape index (κ1) is 79.2. The lowest BCUT2D eigenvalue weighted by molar-refractivity contribution is 1.07. The van der Waals surface area contributed by atoms with Gasteiger partial charge in [0, 0.05) is 75.4 Å². The van der Waals surface area contributed by atoms with Crippen molar-refractivity contribution in [2.45, 2.75) is 0 Å². The molecule has 678 valence electrons. The Bertz CT molecular complexity index is 10900. The second-order valence-electron chi connectivity index (χ2n) is 36.9. The van der Waals surface area contributed by atoms with Crippen molar-refractivity contribution in [3.05, 3.63) is 503 Å². The maximum Gasteiger partial charge on any atom is 0.187 e. The predicted molar refractivity (Wildman–Crippen MR) is 610 cm³/mol. The van der Waals surface area contributed by atoms with Crippen molar-refractivity contribution < 1.29 is 6.85 Å². The van der Waals surface area contributed by atoms with Crippen LogP contribution in [0.5, 0.6) is 0 Å². The maximum absolute atomic E-state index is 8.61. The molecule has 0 aliphatic rings. The van der Waals surface area contributed by atoms with Crippen LogP contribution in [0.15, 0.2) is 491 Å². The third kappa shape index (κ3) is 14.6. The van der Waals surface area contributed by atoms with Crippen molar-refractivity contribution in [3.63, 3.8) is 0 Å². The van der Waals surface area contributed by atoms with Crippen LogP contribution < -0.4 is 0 Å². The van der Waals surface area contributed by atoms with Gasteiger partial charge in [-0.05, 0) is 237 Å². The molecule has 30 aromatic rings. The van der Waals surface area contributed by atoms with E-state index in [0.29, 0.717) is 39.4 Å². The number of hydrogen-bond acceptors (Lipinski definition) is 8. The van der Waals surface area contributed by atoms with Gasteiger partial charge in [0.2, 0.25) is 0 Å². The molecule has 0 bridgehead atoms. The average molecular weight is 1880 g/mol. The summed E-state index contributed by atoms with van der Waals surface area (Å²) < 4.78 is 51.2. The standard InChI is InChI=1S/C51H30N4.C42H27N3.C41H24N4S/c1-52-42-24-22-33-18-20-38(27-41(33)28-42)39-23-25-45-46(30-39)53-50(40-21-19-32-10-5-6-13-35(32)26-40)51(54-45)55-47-17-9-16-43(34-11-3-2-4-12-34)49(47)44-29-36-14-7-8-15-37(36)31-48(44)55;1-4-13-28(14-5-1)33-23-24-36-37(26-33)44-42(41(43-36)30-17-8-3-9-18-30)45-38-22-12-21-34(29-15-6-2-7-16-29)40(38)35-25-31-19-10-11-20-32(31)27-39(35)45;1-2-10-25(11-3-1)29-15-8-17-34-38(29)32-22-26-12-4-5-13-27(26)24-35(32)45(34)41-39(44-40-33(43-41)16-9-21-42-40)28-19-20-37-31(23-28)30-14-6-7-18-36(30)46-37/h2-31H;1-27H;1-24H/i;1D,4D,5D,13D,14D;. The van der Waals surface area contributed by atoms with E-state index in [-0.39, 0.29) is 29.7 Å². The van der Waals surface area contributed by atoms with Crippen LogP contribution in [0.4, 0.5) is 5.69 Å². The molecule has 0 unspecified atom stereocenters. The zero-order chi connectivity index (χ0) is 101. The van der Waals surface area contributed by atoms with Gasteiger partial charge in [-0.1, -0.05) is 358 Å². The second-order valence-corrected chi connectivity index (χ2v) is 38.0. The maximum atomic E-state index is 8.61. The molecule has 0 aliphatic heterocycles. The van der Waals surface area contributed by atoms with E-state index >= 15 is 0 Å².